The van der Waals surface area contributed by atoms with Crippen LogP contribution in [0.5, 0.6) is 5.75 Å². The van der Waals surface area contributed by atoms with E-state index in [1.54, 1.807) is 25.1 Å². The van der Waals surface area contributed by atoms with Crippen LogP contribution in [0.15, 0.2) is 59.8 Å². The number of urea groups is 1. The molecule has 1 aliphatic rings. The molecule has 1 aliphatic heterocycles. The molecule has 0 aliphatic carbocycles. The second-order valence-corrected chi connectivity index (χ2v) is 5.95. The van der Waals surface area contributed by atoms with E-state index in [1.807, 2.05) is 31.2 Å². The van der Waals surface area contributed by atoms with E-state index < -0.39 is 12.1 Å². The normalized spacial score (nSPS) is 16.9. The fraction of sp³-hybridized carbons (Fsp3) is 0.158. The first-order valence-corrected chi connectivity index (χ1v) is 7.90. The number of phenols is 1. The van der Waals surface area contributed by atoms with E-state index in [9.17, 15) is 14.7 Å². The number of hydrogen-bond donors (Lipinski definition) is 4. The maximum absolute atomic E-state index is 12.8. The molecule has 0 saturated heterocycles. The van der Waals surface area contributed by atoms with E-state index in [0.29, 0.717) is 22.5 Å². The van der Waals surface area contributed by atoms with Crippen LogP contribution in [0.2, 0.25) is 0 Å². The highest BCUT2D eigenvalue weighted by atomic mass is 16.3. The van der Waals surface area contributed by atoms with Gasteiger partial charge in [0.1, 0.15) is 5.75 Å². The van der Waals surface area contributed by atoms with Crippen molar-refractivity contribution in [3.8, 4) is 5.75 Å². The molecule has 6 heteroatoms. The predicted molar refractivity (Wildman–Crippen MR) is 95.0 cm³/mol. The van der Waals surface area contributed by atoms with Crippen LogP contribution >= 0.6 is 0 Å². The first-order valence-electron chi connectivity index (χ1n) is 7.90. The maximum Gasteiger partial charge on any atom is 0.319 e. The SMILES string of the molecule is CC1=C(C(=O)Nc2ccc(C)cc2)C(c2ccccc2O)NC(=O)N1. The summed E-state index contributed by atoms with van der Waals surface area (Å²) in [5.74, 6) is -0.328. The number of carbonyl (C=O) groups is 2. The zero-order chi connectivity index (χ0) is 18.0. The molecule has 0 bridgehead atoms. The molecule has 25 heavy (non-hydrogen) atoms. The fourth-order valence-corrected chi connectivity index (χ4v) is 2.80. The molecule has 3 amide bonds. The van der Waals surface area contributed by atoms with Gasteiger partial charge in [-0.3, -0.25) is 4.79 Å². The Bertz CT molecular complexity index is 856. The number of rotatable bonds is 3. The molecule has 1 atom stereocenters. The summed E-state index contributed by atoms with van der Waals surface area (Å²) in [6, 6.07) is 12.9. The van der Waals surface area contributed by atoms with Crippen molar-refractivity contribution in [2.24, 2.45) is 0 Å². The number of para-hydroxylation sites is 1. The van der Waals surface area contributed by atoms with Crippen molar-refractivity contribution in [3.05, 3.63) is 70.9 Å². The Labute approximate surface area is 145 Å². The molecule has 0 radical (unpaired) electrons. The molecule has 1 heterocycles. The second kappa shape index (κ2) is 6.68. The summed E-state index contributed by atoms with van der Waals surface area (Å²) in [5.41, 5.74) is 3.00. The van der Waals surface area contributed by atoms with Crippen LogP contribution in [0.4, 0.5) is 10.5 Å². The van der Waals surface area contributed by atoms with Crippen molar-refractivity contribution in [1.29, 1.82) is 0 Å². The number of anilines is 1. The Morgan fingerprint density at radius 1 is 1.08 bits per heavy atom. The van der Waals surface area contributed by atoms with Gasteiger partial charge in [-0.2, -0.15) is 0 Å². The highest BCUT2D eigenvalue weighted by Crippen LogP contribution is 2.32. The van der Waals surface area contributed by atoms with Gasteiger partial charge >= 0.3 is 6.03 Å². The van der Waals surface area contributed by atoms with Gasteiger partial charge in [-0.15, -0.1) is 0 Å². The lowest BCUT2D eigenvalue weighted by molar-refractivity contribution is -0.113. The summed E-state index contributed by atoms with van der Waals surface area (Å²) in [4.78, 5) is 24.7. The van der Waals surface area contributed by atoms with Gasteiger partial charge in [-0.05, 0) is 32.0 Å². The van der Waals surface area contributed by atoms with Gasteiger partial charge in [-0.1, -0.05) is 35.9 Å². The average molecular weight is 337 g/mol. The van der Waals surface area contributed by atoms with Crippen molar-refractivity contribution >= 4 is 17.6 Å². The number of aryl methyl sites for hydroxylation is 1. The minimum absolute atomic E-state index is 0.0168. The molecule has 2 aromatic carbocycles. The predicted octanol–water partition coefficient (Wildman–Crippen LogP) is 2.97. The lowest BCUT2D eigenvalue weighted by Crippen LogP contribution is -2.46. The van der Waals surface area contributed by atoms with E-state index in [2.05, 4.69) is 16.0 Å². The van der Waals surface area contributed by atoms with Crippen LogP contribution in [-0.2, 0) is 4.79 Å². The quantitative estimate of drug-likeness (QED) is 0.694. The Morgan fingerprint density at radius 3 is 2.44 bits per heavy atom. The number of aromatic hydroxyl groups is 1. The standard InChI is InChI=1S/C19H19N3O3/c1-11-7-9-13(10-8-11)21-18(24)16-12(2)20-19(25)22-17(16)14-5-3-4-6-15(14)23/h3-10,17,23H,1-2H3,(H,21,24)(H2,20,22,25). The monoisotopic (exact) mass is 337 g/mol. The highest BCUT2D eigenvalue weighted by Gasteiger charge is 2.32. The molecule has 0 fully saturated rings. The topological polar surface area (TPSA) is 90.5 Å². The number of hydrogen-bond acceptors (Lipinski definition) is 3. The van der Waals surface area contributed by atoms with Crippen molar-refractivity contribution in [2.45, 2.75) is 19.9 Å². The van der Waals surface area contributed by atoms with Gasteiger partial charge in [0.2, 0.25) is 0 Å². The van der Waals surface area contributed by atoms with Crippen LogP contribution in [0.1, 0.15) is 24.1 Å². The molecule has 128 valence electrons. The Kier molecular flexibility index (Phi) is 4.43. The van der Waals surface area contributed by atoms with E-state index in [4.69, 9.17) is 0 Å². The van der Waals surface area contributed by atoms with E-state index in [0.717, 1.165) is 5.56 Å². The minimum Gasteiger partial charge on any atom is -0.508 e. The third kappa shape index (κ3) is 3.47. The summed E-state index contributed by atoms with van der Waals surface area (Å²) in [6.45, 7) is 3.63. The van der Waals surface area contributed by atoms with Crippen molar-refractivity contribution in [2.75, 3.05) is 5.32 Å². The number of benzene rings is 2. The molecule has 4 N–H and O–H groups in total. The van der Waals surface area contributed by atoms with Crippen LogP contribution in [-0.4, -0.2) is 17.0 Å². The zero-order valence-electron chi connectivity index (χ0n) is 14.0. The van der Waals surface area contributed by atoms with Gasteiger partial charge in [0, 0.05) is 16.9 Å². The largest absolute Gasteiger partial charge is 0.508 e. The summed E-state index contributed by atoms with van der Waals surface area (Å²) in [6.07, 6.45) is 0. The third-order valence-corrected chi connectivity index (χ3v) is 4.07. The summed E-state index contributed by atoms with van der Waals surface area (Å²) < 4.78 is 0. The van der Waals surface area contributed by atoms with Gasteiger partial charge in [-0.25, -0.2) is 4.79 Å². The average Bonchev–Trinajstić information content (AvgIpc) is 2.56. The minimum atomic E-state index is -0.736. The molecule has 1 unspecified atom stereocenters. The Hall–Kier alpha value is -3.28. The zero-order valence-corrected chi connectivity index (χ0v) is 14.0. The highest BCUT2D eigenvalue weighted by molar-refractivity contribution is 6.06. The summed E-state index contributed by atoms with van der Waals surface area (Å²) >= 11 is 0. The number of allylic oxidation sites excluding steroid dienone is 1. The van der Waals surface area contributed by atoms with Crippen molar-refractivity contribution in [3.63, 3.8) is 0 Å². The molecule has 2 aromatic rings. The maximum atomic E-state index is 12.8. The van der Waals surface area contributed by atoms with E-state index >= 15 is 0 Å². The van der Waals surface area contributed by atoms with Crippen LogP contribution in [0.3, 0.4) is 0 Å². The molecule has 0 aromatic heterocycles. The lowest BCUT2D eigenvalue weighted by atomic mass is 9.94. The molecular formula is C19H19N3O3. The Morgan fingerprint density at radius 2 is 1.76 bits per heavy atom. The molecule has 6 nitrogen and oxygen atoms in total. The molecule has 3 rings (SSSR count). The van der Waals surface area contributed by atoms with E-state index in [1.165, 1.54) is 6.07 Å². The molecular weight excluding hydrogens is 318 g/mol. The van der Waals surface area contributed by atoms with E-state index in [-0.39, 0.29) is 11.7 Å². The van der Waals surface area contributed by atoms with Crippen LogP contribution in [0, 0.1) is 6.92 Å². The first-order chi connectivity index (χ1) is 12.0. The van der Waals surface area contributed by atoms with Gasteiger partial charge < -0.3 is 21.1 Å². The van der Waals surface area contributed by atoms with Gasteiger partial charge in [0.25, 0.3) is 5.91 Å². The Balaban J connectivity index is 1.96. The van der Waals surface area contributed by atoms with Crippen molar-refractivity contribution < 1.29 is 14.7 Å². The molecule has 0 saturated carbocycles. The lowest BCUT2D eigenvalue weighted by Gasteiger charge is -2.29. The van der Waals surface area contributed by atoms with Gasteiger partial charge in [0.05, 0.1) is 11.6 Å². The molecule has 0 spiro atoms. The first kappa shape index (κ1) is 16.6. The number of nitrogens with one attached hydrogen (secondary N) is 3. The van der Waals surface area contributed by atoms with Crippen molar-refractivity contribution in [1.82, 2.24) is 10.6 Å². The number of phenolic OH excluding ortho intramolecular Hbond substituents is 1. The smallest absolute Gasteiger partial charge is 0.319 e. The fourth-order valence-electron chi connectivity index (χ4n) is 2.80. The van der Waals surface area contributed by atoms with Crippen LogP contribution in [0.25, 0.3) is 0 Å². The van der Waals surface area contributed by atoms with Crippen LogP contribution < -0.4 is 16.0 Å². The van der Waals surface area contributed by atoms with Gasteiger partial charge in [0.15, 0.2) is 0 Å². The third-order valence-electron chi connectivity index (χ3n) is 4.07. The number of amides is 3. The number of carbonyl (C=O) groups excluding carboxylic acids is 2. The summed E-state index contributed by atoms with van der Waals surface area (Å²) in [5, 5.41) is 18.3. The second-order valence-electron chi connectivity index (χ2n) is 5.95. The summed E-state index contributed by atoms with van der Waals surface area (Å²) in [7, 11) is 0.